The Labute approximate surface area is 143 Å². The lowest BCUT2D eigenvalue weighted by Gasteiger charge is -2.56. The maximum Gasteiger partial charge on any atom is 0.309 e. The summed E-state index contributed by atoms with van der Waals surface area (Å²) < 4.78 is 0. The van der Waals surface area contributed by atoms with E-state index in [-0.39, 0.29) is 5.92 Å². The largest absolute Gasteiger partial charge is 0.481 e. The van der Waals surface area contributed by atoms with E-state index in [1.54, 1.807) is 6.92 Å². The minimum atomic E-state index is -0.927. The molecule has 2 aliphatic rings. The van der Waals surface area contributed by atoms with E-state index in [0.29, 0.717) is 25.2 Å². The summed E-state index contributed by atoms with van der Waals surface area (Å²) in [5, 5.41) is 31.4. The molecular formula is C20H28O4. The summed E-state index contributed by atoms with van der Waals surface area (Å²) in [5.74, 6) is -0.771. The zero-order valence-corrected chi connectivity index (χ0v) is 14.9. The Morgan fingerprint density at radius 2 is 1.92 bits per heavy atom. The SMILES string of the molecule is CC(C)c1ccc2c(c1)[C@H](O)C[C@@H]1[C@]2(C)[C@@H](O)CC[C@@]1(C)C(=O)O. The van der Waals surface area contributed by atoms with Gasteiger partial charge in [-0.25, -0.2) is 0 Å². The Kier molecular flexibility index (Phi) is 4.04. The van der Waals surface area contributed by atoms with Crippen LogP contribution in [-0.4, -0.2) is 27.4 Å². The molecule has 0 saturated heterocycles. The van der Waals surface area contributed by atoms with Gasteiger partial charge in [0.05, 0.1) is 17.6 Å². The lowest BCUT2D eigenvalue weighted by atomic mass is 9.48. The van der Waals surface area contributed by atoms with E-state index < -0.39 is 29.0 Å². The first kappa shape index (κ1) is 17.4. The molecule has 3 rings (SSSR count). The minimum Gasteiger partial charge on any atom is -0.481 e. The molecule has 0 amide bonds. The van der Waals surface area contributed by atoms with Crippen LogP contribution in [0.25, 0.3) is 0 Å². The quantitative estimate of drug-likeness (QED) is 0.776. The van der Waals surface area contributed by atoms with Gasteiger partial charge in [-0.3, -0.25) is 4.79 Å². The molecule has 1 fully saturated rings. The summed E-state index contributed by atoms with van der Waals surface area (Å²) in [7, 11) is 0. The van der Waals surface area contributed by atoms with E-state index in [1.165, 1.54) is 0 Å². The van der Waals surface area contributed by atoms with Crippen molar-refractivity contribution in [3.8, 4) is 0 Å². The summed E-state index contributed by atoms with van der Waals surface area (Å²) in [6, 6.07) is 6.08. The molecule has 1 saturated carbocycles. The van der Waals surface area contributed by atoms with Gasteiger partial charge in [0.2, 0.25) is 0 Å². The van der Waals surface area contributed by atoms with Crippen LogP contribution in [0.2, 0.25) is 0 Å². The lowest BCUT2D eigenvalue weighted by Crippen LogP contribution is -2.59. The van der Waals surface area contributed by atoms with Crippen LogP contribution in [-0.2, 0) is 10.2 Å². The van der Waals surface area contributed by atoms with Crippen molar-refractivity contribution in [1.29, 1.82) is 0 Å². The van der Waals surface area contributed by atoms with Crippen molar-refractivity contribution in [2.75, 3.05) is 0 Å². The van der Waals surface area contributed by atoms with Crippen LogP contribution in [0.3, 0.4) is 0 Å². The van der Waals surface area contributed by atoms with Crippen molar-refractivity contribution in [1.82, 2.24) is 0 Å². The molecule has 0 spiro atoms. The van der Waals surface area contributed by atoms with Crippen LogP contribution >= 0.6 is 0 Å². The number of carbonyl (C=O) groups is 1. The van der Waals surface area contributed by atoms with Crippen LogP contribution in [0, 0.1) is 11.3 Å². The third-order valence-electron chi connectivity index (χ3n) is 6.75. The van der Waals surface area contributed by atoms with Crippen molar-refractivity contribution in [2.24, 2.45) is 11.3 Å². The molecule has 3 N–H and O–H groups in total. The Bertz CT molecular complexity index is 668. The standard InChI is InChI=1S/C20H28O4/c1-11(2)12-5-6-14-13(9-12)15(21)10-16-19(3,18(23)24)8-7-17(22)20(14,16)4/h5-6,9,11,15-17,21-22H,7-8,10H2,1-4H3,(H,23,24)/t15-,16+,17+,19-,20-/m1/s1. The molecule has 4 heteroatoms. The molecule has 0 aliphatic heterocycles. The molecule has 0 unspecified atom stereocenters. The smallest absolute Gasteiger partial charge is 0.309 e. The highest BCUT2D eigenvalue weighted by molar-refractivity contribution is 5.75. The van der Waals surface area contributed by atoms with Gasteiger partial charge in [-0.1, -0.05) is 39.0 Å². The highest BCUT2D eigenvalue weighted by atomic mass is 16.4. The summed E-state index contributed by atoms with van der Waals surface area (Å²) in [6.45, 7) is 7.96. The zero-order chi connectivity index (χ0) is 17.9. The van der Waals surface area contributed by atoms with E-state index >= 15 is 0 Å². The summed E-state index contributed by atoms with van der Waals surface area (Å²) in [6.07, 6.45) is 0.0183. The van der Waals surface area contributed by atoms with Crippen molar-refractivity contribution in [3.05, 3.63) is 34.9 Å². The minimum absolute atomic E-state index is 0.293. The fourth-order valence-corrected chi connectivity index (χ4v) is 4.99. The van der Waals surface area contributed by atoms with Crippen LogP contribution in [0.4, 0.5) is 0 Å². The molecule has 1 aromatic rings. The zero-order valence-electron chi connectivity index (χ0n) is 14.9. The van der Waals surface area contributed by atoms with Crippen LogP contribution in [0.1, 0.15) is 75.7 Å². The Hall–Kier alpha value is -1.39. The maximum atomic E-state index is 12.0. The van der Waals surface area contributed by atoms with Gasteiger partial charge in [0, 0.05) is 5.41 Å². The molecule has 5 atom stereocenters. The monoisotopic (exact) mass is 332 g/mol. The number of carboxylic acids is 1. The Morgan fingerprint density at radius 3 is 2.50 bits per heavy atom. The lowest BCUT2D eigenvalue weighted by molar-refractivity contribution is -0.165. The fraction of sp³-hybridized carbons (Fsp3) is 0.650. The first-order valence-corrected chi connectivity index (χ1v) is 8.86. The predicted molar refractivity (Wildman–Crippen MR) is 91.9 cm³/mol. The van der Waals surface area contributed by atoms with E-state index in [1.807, 2.05) is 25.1 Å². The number of benzene rings is 1. The second-order valence-electron chi connectivity index (χ2n) is 8.37. The second-order valence-corrected chi connectivity index (χ2v) is 8.37. The van der Waals surface area contributed by atoms with E-state index in [9.17, 15) is 20.1 Å². The third kappa shape index (κ3) is 2.23. The van der Waals surface area contributed by atoms with Gasteiger partial charge in [0.25, 0.3) is 0 Å². The van der Waals surface area contributed by atoms with Gasteiger partial charge in [-0.15, -0.1) is 0 Å². The summed E-state index contributed by atoms with van der Waals surface area (Å²) in [4.78, 5) is 12.0. The number of carboxylic acid groups (broad SMARTS) is 1. The second kappa shape index (κ2) is 5.57. The van der Waals surface area contributed by atoms with Gasteiger partial charge in [-0.05, 0) is 54.7 Å². The average Bonchev–Trinajstić information content (AvgIpc) is 2.53. The van der Waals surface area contributed by atoms with Gasteiger partial charge in [-0.2, -0.15) is 0 Å². The predicted octanol–water partition coefficient (Wildman–Crippen LogP) is 3.37. The number of hydrogen-bond acceptors (Lipinski definition) is 3. The normalized spacial score (nSPS) is 38.5. The van der Waals surface area contributed by atoms with Crippen molar-refractivity contribution >= 4 is 5.97 Å². The van der Waals surface area contributed by atoms with Crippen LogP contribution in [0.5, 0.6) is 0 Å². The van der Waals surface area contributed by atoms with Crippen molar-refractivity contribution in [2.45, 2.75) is 70.5 Å². The fourth-order valence-electron chi connectivity index (χ4n) is 4.99. The summed E-state index contributed by atoms with van der Waals surface area (Å²) >= 11 is 0. The van der Waals surface area contributed by atoms with E-state index in [0.717, 1.165) is 16.7 Å². The molecular weight excluding hydrogens is 304 g/mol. The number of aliphatic hydroxyl groups excluding tert-OH is 2. The molecule has 132 valence electrons. The molecule has 1 aromatic carbocycles. The highest BCUT2D eigenvalue weighted by Crippen LogP contribution is 2.59. The molecule has 0 heterocycles. The number of rotatable bonds is 2. The summed E-state index contributed by atoms with van der Waals surface area (Å²) in [5.41, 5.74) is 1.35. The number of hydrogen-bond donors (Lipinski definition) is 3. The number of aliphatic carboxylic acids is 1. The van der Waals surface area contributed by atoms with Crippen molar-refractivity contribution < 1.29 is 20.1 Å². The Balaban J connectivity index is 2.19. The first-order valence-electron chi connectivity index (χ1n) is 8.86. The van der Waals surface area contributed by atoms with Gasteiger partial charge < -0.3 is 15.3 Å². The maximum absolute atomic E-state index is 12.0. The van der Waals surface area contributed by atoms with E-state index in [2.05, 4.69) is 13.8 Å². The van der Waals surface area contributed by atoms with Gasteiger partial charge >= 0.3 is 5.97 Å². The molecule has 0 aromatic heterocycles. The number of fused-ring (bicyclic) bond motifs is 3. The molecule has 2 aliphatic carbocycles. The van der Waals surface area contributed by atoms with Gasteiger partial charge in [0.1, 0.15) is 0 Å². The molecule has 0 radical (unpaired) electrons. The van der Waals surface area contributed by atoms with Crippen LogP contribution < -0.4 is 0 Å². The molecule has 4 nitrogen and oxygen atoms in total. The Morgan fingerprint density at radius 1 is 1.25 bits per heavy atom. The van der Waals surface area contributed by atoms with Crippen LogP contribution in [0.15, 0.2) is 18.2 Å². The van der Waals surface area contributed by atoms with E-state index in [4.69, 9.17) is 0 Å². The highest BCUT2D eigenvalue weighted by Gasteiger charge is 2.60. The number of aliphatic hydroxyl groups is 2. The topological polar surface area (TPSA) is 77.8 Å². The molecule has 24 heavy (non-hydrogen) atoms. The first-order chi connectivity index (χ1) is 11.1. The van der Waals surface area contributed by atoms with Crippen molar-refractivity contribution in [3.63, 3.8) is 0 Å². The van der Waals surface area contributed by atoms with Gasteiger partial charge in [0.15, 0.2) is 0 Å². The average molecular weight is 332 g/mol. The third-order valence-corrected chi connectivity index (χ3v) is 6.75. The molecule has 0 bridgehead atoms.